The minimum Gasteiger partial charge on any atom is -0.396 e. The fraction of sp³-hybridized carbons (Fsp3) is 0.818. The van der Waals surface area contributed by atoms with Gasteiger partial charge in [0.15, 0.2) is 0 Å². The van der Waals surface area contributed by atoms with E-state index in [4.69, 9.17) is 10.5 Å². The topological polar surface area (TPSA) is 108 Å². The van der Waals surface area contributed by atoms with Gasteiger partial charge in [0, 0.05) is 18.3 Å². The SMILES string of the molecule is N#CCCC(CCC#N)C(CO)(CO)CO. The van der Waals surface area contributed by atoms with Crippen molar-refractivity contribution in [1.29, 1.82) is 10.5 Å². The van der Waals surface area contributed by atoms with Gasteiger partial charge in [-0.05, 0) is 18.8 Å². The summed E-state index contributed by atoms with van der Waals surface area (Å²) in [6, 6.07) is 3.98. The highest BCUT2D eigenvalue weighted by Gasteiger charge is 2.36. The number of nitriles is 2. The summed E-state index contributed by atoms with van der Waals surface area (Å²) in [5.74, 6) is -0.216. The monoisotopic (exact) mass is 226 g/mol. The Morgan fingerprint density at radius 3 is 1.50 bits per heavy atom. The molecule has 0 bridgehead atoms. The van der Waals surface area contributed by atoms with E-state index in [2.05, 4.69) is 0 Å². The summed E-state index contributed by atoms with van der Waals surface area (Å²) in [4.78, 5) is 0. The van der Waals surface area contributed by atoms with Gasteiger partial charge in [-0.3, -0.25) is 0 Å². The molecule has 0 aromatic carbocycles. The Labute approximate surface area is 95.6 Å². The van der Waals surface area contributed by atoms with E-state index in [9.17, 15) is 15.3 Å². The van der Waals surface area contributed by atoms with E-state index >= 15 is 0 Å². The lowest BCUT2D eigenvalue weighted by Gasteiger charge is -2.35. The van der Waals surface area contributed by atoms with Gasteiger partial charge in [-0.1, -0.05) is 0 Å². The van der Waals surface area contributed by atoms with Crippen LogP contribution in [-0.2, 0) is 0 Å². The summed E-state index contributed by atoms with van der Waals surface area (Å²) in [7, 11) is 0. The van der Waals surface area contributed by atoms with Crippen molar-refractivity contribution in [1.82, 2.24) is 0 Å². The van der Waals surface area contributed by atoms with Crippen LogP contribution in [0.25, 0.3) is 0 Å². The summed E-state index contributed by atoms with van der Waals surface area (Å²) >= 11 is 0. The summed E-state index contributed by atoms with van der Waals surface area (Å²) in [6.45, 7) is -1.04. The predicted octanol–water partition coefficient (Wildman–Crippen LogP) is 0.173. The van der Waals surface area contributed by atoms with Crippen LogP contribution in [0.5, 0.6) is 0 Å². The van der Waals surface area contributed by atoms with Crippen molar-refractivity contribution in [2.24, 2.45) is 11.3 Å². The lowest BCUT2D eigenvalue weighted by atomic mass is 9.72. The molecule has 0 unspecified atom stereocenters. The van der Waals surface area contributed by atoms with E-state index in [1.807, 2.05) is 12.1 Å². The average Bonchev–Trinajstić information content (AvgIpc) is 2.34. The highest BCUT2D eigenvalue weighted by atomic mass is 16.3. The number of hydrogen-bond acceptors (Lipinski definition) is 5. The van der Waals surface area contributed by atoms with Crippen molar-refractivity contribution in [2.45, 2.75) is 25.7 Å². The zero-order valence-electron chi connectivity index (χ0n) is 9.26. The molecule has 0 aliphatic rings. The molecule has 0 amide bonds. The van der Waals surface area contributed by atoms with E-state index in [0.29, 0.717) is 12.8 Å². The van der Waals surface area contributed by atoms with Crippen molar-refractivity contribution in [3.05, 3.63) is 0 Å². The van der Waals surface area contributed by atoms with Gasteiger partial charge >= 0.3 is 0 Å². The molecule has 0 saturated carbocycles. The third-order valence-corrected chi connectivity index (χ3v) is 3.02. The Bertz CT molecular complexity index is 237. The molecule has 3 N–H and O–H groups in total. The molecule has 0 aliphatic carbocycles. The first-order chi connectivity index (χ1) is 7.70. The van der Waals surface area contributed by atoms with Crippen LogP contribution < -0.4 is 0 Å². The lowest BCUT2D eigenvalue weighted by Crippen LogP contribution is -2.41. The second kappa shape index (κ2) is 8.06. The summed E-state index contributed by atoms with van der Waals surface area (Å²) < 4.78 is 0. The Balaban J connectivity index is 4.68. The Hall–Kier alpha value is -1.14. The highest BCUT2D eigenvalue weighted by molar-refractivity contribution is 4.89. The van der Waals surface area contributed by atoms with Crippen molar-refractivity contribution < 1.29 is 15.3 Å². The fourth-order valence-corrected chi connectivity index (χ4v) is 1.77. The molecule has 16 heavy (non-hydrogen) atoms. The van der Waals surface area contributed by atoms with Crippen LogP contribution in [0.1, 0.15) is 25.7 Å². The van der Waals surface area contributed by atoms with Crippen molar-refractivity contribution in [3.63, 3.8) is 0 Å². The summed E-state index contributed by atoms with van der Waals surface area (Å²) in [5.41, 5.74) is -0.992. The van der Waals surface area contributed by atoms with Crippen LogP contribution in [-0.4, -0.2) is 35.1 Å². The molecule has 0 atom stereocenters. The van der Waals surface area contributed by atoms with E-state index < -0.39 is 5.41 Å². The number of rotatable bonds is 8. The standard InChI is InChI=1S/C11H18N2O3/c12-5-1-3-10(4-2-6-13)11(7-14,8-15)9-16/h10,14-16H,1-4,7-9H2. The molecular weight excluding hydrogens is 208 g/mol. The smallest absolute Gasteiger partial charge is 0.0621 e. The number of aliphatic hydroxyl groups is 3. The Morgan fingerprint density at radius 1 is 0.875 bits per heavy atom. The predicted molar refractivity (Wildman–Crippen MR) is 56.9 cm³/mol. The maximum absolute atomic E-state index is 9.26. The van der Waals surface area contributed by atoms with Gasteiger partial charge in [0.25, 0.3) is 0 Å². The Morgan fingerprint density at radius 2 is 1.25 bits per heavy atom. The molecule has 0 aliphatic heterocycles. The van der Waals surface area contributed by atoms with Gasteiger partial charge in [-0.2, -0.15) is 10.5 Å². The van der Waals surface area contributed by atoms with Crippen LogP contribution in [0.2, 0.25) is 0 Å². The van der Waals surface area contributed by atoms with E-state index in [1.54, 1.807) is 0 Å². The van der Waals surface area contributed by atoms with Gasteiger partial charge in [0.1, 0.15) is 0 Å². The zero-order valence-corrected chi connectivity index (χ0v) is 9.26. The van der Waals surface area contributed by atoms with Crippen LogP contribution >= 0.6 is 0 Å². The van der Waals surface area contributed by atoms with E-state index in [1.165, 1.54) is 0 Å². The fourth-order valence-electron chi connectivity index (χ4n) is 1.77. The second-order valence-corrected chi connectivity index (χ2v) is 3.93. The van der Waals surface area contributed by atoms with Crippen molar-refractivity contribution in [2.75, 3.05) is 19.8 Å². The van der Waals surface area contributed by atoms with Crippen molar-refractivity contribution >= 4 is 0 Å². The quantitative estimate of drug-likeness (QED) is 0.547. The average molecular weight is 226 g/mol. The van der Waals surface area contributed by atoms with Crippen molar-refractivity contribution in [3.8, 4) is 12.1 Å². The van der Waals surface area contributed by atoms with Crippen LogP contribution in [0, 0.1) is 34.0 Å². The highest BCUT2D eigenvalue weighted by Crippen LogP contribution is 2.33. The van der Waals surface area contributed by atoms with Gasteiger partial charge in [-0.15, -0.1) is 0 Å². The first-order valence-corrected chi connectivity index (χ1v) is 5.27. The first kappa shape index (κ1) is 14.9. The molecule has 0 saturated heterocycles. The van der Waals surface area contributed by atoms with Gasteiger partial charge < -0.3 is 15.3 Å². The first-order valence-electron chi connectivity index (χ1n) is 5.27. The number of aliphatic hydroxyl groups excluding tert-OH is 3. The second-order valence-electron chi connectivity index (χ2n) is 3.93. The molecule has 0 aromatic rings. The maximum atomic E-state index is 9.26. The maximum Gasteiger partial charge on any atom is 0.0621 e. The molecular formula is C11H18N2O3. The molecule has 0 fully saturated rings. The normalized spacial score (nSPS) is 11.1. The molecule has 0 rings (SSSR count). The molecule has 90 valence electrons. The molecule has 0 spiro atoms. The van der Waals surface area contributed by atoms with Gasteiger partial charge in [0.2, 0.25) is 0 Å². The minimum absolute atomic E-state index is 0.216. The molecule has 0 aromatic heterocycles. The molecule has 5 nitrogen and oxygen atoms in total. The summed E-state index contributed by atoms with van der Waals surface area (Å²) in [6.07, 6.45) is 1.52. The lowest BCUT2D eigenvalue weighted by molar-refractivity contribution is -0.0431. The van der Waals surface area contributed by atoms with E-state index in [-0.39, 0.29) is 38.6 Å². The zero-order chi connectivity index (χ0) is 12.4. The third kappa shape index (κ3) is 3.79. The van der Waals surface area contributed by atoms with Crippen LogP contribution in [0.4, 0.5) is 0 Å². The van der Waals surface area contributed by atoms with Crippen LogP contribution in [0.15, 0.2) is 0 Å². The molecule has 0 heterocycles. The van der Waals surface area contributed by atoms with E-state index in [0.717, 1.165) is 0 Å². The molecule has 0 radical (unpaired) electrons. The number of nitrogens with zero attached hydrogens (tertiary/aromatic N) is 2. The van der Waals surface area contributed by atoms with Crippen LogP contribution in [0.3, 0.4) is 0 Å². The number of hydrogen-bond donors (Lipinski definition) is 3. The third-order valence-electron chi connectivity index (χ3n) is 3.02. The van der Waals surface area contributed by atoms with Gasteiger partial charge in [-0.25, -0.2) is 0 Å². The van der Waals surface area contributed by atoms with Gasteiger partial charge in [0.05, 0.1) is 32.0 Å². The Kier molecular flexibility index (Phi) is 7.49. The molecule has 5 heteroatoms. The largest absolute Gasteiger partial charge is 0.396 e. The summed E-state index contributed by atoms with van der Waals surface area (Å²) in [5, 5.41) is 44.8. The minimum atomic E-state index is -0.992.